The molecule has 18 heavy (non-hydrogen) atoms. The molecule has 0 aromatic rings. The number of halogens is 5. The van der Waals surface area contributed by atoms with E-state index in [4.69, 9.17) is 5.11 Å². The van der Waals surface area contributed by atoms with E-state index in [-0.39, 0.29) is 19.1 Å². The minimum atomic E-state index is -5.61. The standard InChI is InChI=1S/C11H19F5O2/c1-8(2)4-9(3,5-17)6-18-7-10(12,13)11(14,15)16/h8,17H,4-7H2,1-3H3. The van der Waals surface area contributed by atoms with Crippen LogP contribution in [0.5, 0.6) is 0 Å². The lowest BCUT2D eigenvalue weighted by atomic mass is 9.83. The Labute approximate surface area is 103 Å². The minimum Gasteiger partial charge on any atom is -0.396 e. The van der Waals surface area contributed by atoms with Gasteiger partial charge in [-0.05, 0) is 12.3 Å². The summed E-state index contributed by atoms with van der Waals surface area (Å²) in [5, 5.41) is 9.13. The second-order valence-electron chi connectivity index (χ2n) is 5.26. The highest BCUT2D eigenvalue weighted by Crippen LogP contribution is 2.36. The van der Waals surface area contributed by atoms with E-state index in [0.29, 0.717) is 6.42 Å². The van der Waals surface area contributed by atoms with Crippen molar-refractivity contribution in [1.29, 1.82) is 0 Å². The largest absolute Gasteiger partial charge is 0.455 e. The molecule has 110 valence electrons. The van der Waals surface area contributed by atoms with Crippen LogP contribution in [0.2, 0.25) is 0 Å². The van der Waals surface area contributed by atoms with Gasteiger partial charge in [0.2, 0.25) is 0 Å². The summed E-state index contributed by atoms with van der Waals surface area (Å²) >= 11 is 0. The molecule has 0 heterocycles. The van der Waals surface area contributed by atoms with Crippen molar-refractivity contribution in [2.24, 2.45) is 11.3 Å². The lowest BCUT2D eigenvalue weighted by Gasteiger charge is -2.30. The molecule has 1 N–H and O–H groups in total. The molecule has 1 atom stereocenters. The summed E-state index contributed by atoms with van der Waals surface area (Å²) in [7, 11) is 0. The van der Waals surface area contributed by atoms with E-state index in [1.165, 1.54) is 0 Å². The molecule has 0 aliphatic rings. The smallest absolute Gasteiger partial charge is 0.396 e. The van der Waals surface area contributed by atoms with Gasteiger partial charge in [0, 0.05) is 5.41 Å². The third-order valence-corrected chi connectivity index (χ3v) is 2.43. The second kappa shape index (κ2) is 6.14. The Balaban J connectivity index is 4.32. The number of alkyl halides is 5. The number of aliphatic hydroxyl groups is 1. The second-order valence-corrected chi connectivity index (χ2v) is 5.26. The van der Waals surface area contributed by atoms with Gasteiger partial charge in [-0.2, -0.15) is 22.0 Å². The molecule has 0 aromatic carbocycles. The number of aliphatic hydroxyl groups excluding tert-OH is 1. The van der Waals surface area contributed by atoms with E-state index in [2.05, 4.69) is 4.74 Å². The predicted molar refractivity (Wildman–Crippen MR) is 56.5 cm³/mol. The highest BCUT2D eigenvalue weighted by Gasteiger charge is 2.57. The maximum absolute atomic E-state index is 12.6. The van der Waals surface area contributed by atoms with Crippen LogP contribution in [-0.2, 0) is 4.74 Å². The van der Waals surface area contributed by atoms with Gasteiger partial charge in [0.1, 0.15) is 6.61 Å². The van der Waals surface area contributed by atoms with Gasteiger partial charge in [0.15, 0.2) is 0 Å². The van der Waals surface area contributed by atoms with Gasteiger partial charge in [0.25, 0.3) is 0 Å². The third-order valence-electron chi connectivity index (χ3n) is 2.43. The van der Waals surface area contributed by atoms with E-state index in [1.807, 2.05) is 13.8 Å². The minimum absolute atomic E-state index is 0.175. The predicted octanol–water partition coefficient (Wildman–Crippen LogP) is 3.25. The Morgan fingerprint density at radius 1 is 1.06 bits per heavy atom. The van der Waals surface area contributed by atoms with Crippen molar-refractivity contribution < 1.29 is 31.8 Å². The van der Waals surface area contributed by atoms with Crippen molar-refractivity contribution in [1.82, 2.24) is 0 Å². The summed E-state index contributed by atoms with van der Waals surface area (Å²) in [6.45, 7) is 2.91. The molecule has 0 amide bonds. The van der Waals surface area contributed by atoms with Crippen LogP contribution in [0, 0.1) is 11.3 Å². The highest BCUT2D eigenvalue weighted by atomic mass is 19.4. The summed E-state index contributed by atoms with van der Waals surface area (Å²) in [6, 6.07) is 0. The van der Waals surface area contributed by atoms with Crippen molar-refractivity contribution in [2.45, 2.75) is 39.3 Å². The molecule has 1 unspecified atom stereocenters. The average Bonchev–Trinajstić information content (AvgIpc) is 2.14. The zero-order valence-corrected chi connectivity index (χ0v) is 10.7. The van der Waals surface area contributed by atoms with Crippen molar-refractivity contribution in [3.8, 4) is 0 Å². The Kier molecular flexibility index (Phi) is 6.00. The molecule has 7 heteroatoms. The van der Waals surface area contributed by atoms with E-state index in [1.54, 1.807) is 6.92 Å². The van der Waals surface area contributed by atoms with Crippen molar-refractivity contribution in [2.75, 3.05) is 19.8 Å². The summed E-state index contributed by atoms with van der Waals surface area (Å²) in [5.74, 6) is -4.69. The molecule has 0 aromatic heterocycles. The van der Waals surface area contributed by atoms with Crippen LogP contribution < -0.4 is 0 Å². The quantitative estimate of drug-likeness (QED) is 0.724. The van der Waals surface area contributed by atoms with Gasteiger partial charge < -0.3 is 9.84 Å². The van der Waals surface area contributed by atoms with E-state index in [9.17, 15) is 22.0 Å². The summed E-state index contributed by atoms with van der Waals surface area (Å²) in [6.07, 6.45) is -5.14. The van der Waals surface area contributed by atoms with Crippen LogP contribution in [0.25, 0.3) is 0 Å². The topological polar surface area (TPSA) is 29.5 Å². The van der Waals surface area contributed by atoms with Crippen LogP contribution in [-0.4, -0.2) is 37.0 Å². The molecule has 2 nitrogen and oxygen atoms in total. The first-order valence-electron chi connectivity index (χ1n) is 5.57. The molecule has 0 aliphatic carbocycles. The first-order chi connectivity index (χ1) is 7.93. The molecular weight excluding hydrogens is 259 g/mol. The van der Waals surface area contributed by atoms with Gasteiger partial charge in [0.05, 0.1) is 13.2 Å². The number of hydrogen-bond acceptors (Lipinski definition) is 2. The first-order valence-corrected chi connectivity index (χ1v) is 5.57. The molecule has 0 saturated carbocycles. The molecule has 0 fully saturated rings. The van der Waals surface area contributed by atoms with E-state index in [0.717, 1.165) is 0 Å². The maximum atomic E-state index is 12.6. The van der Waals surface area contributed by atoms with Gasteiger partial charge in [-0.25, -0.2) is 0 Å². The molecule has 0 radical (unpaired) electrons. The maximum Gasteiger partial charge on any atom is 0.455 e. The van der Waals surface area contributed by atoms with Crippen LogP contribution in [0.1, 0.15) is 27.2 Å². The number of hydrogen-bond donors (Lipinski definition) is 1. The molecule has 0 aliphatic heterocycles. The van der Waals surface area contributed by atoms with Gasteiger partial charge in [-0.15, -0.1) is 0 Å². The Bertz CT molecular complexity index is 252. The highest BCUT2D eigenvalue weighted by molar-refractivity contribution is 4.78. The molecule has 0 rings (SSSR count). The zero-order valence-electron chi connectivity index (χ0n) is 10.7. The van der Waals surface area contributed by atoms with Crippen LogP contribution in [0.15, 0.2) is 0 Å². The van der Waals surface area contributed by atoms with Gasteiger partial charge >= 0.3 is 12.1 Å². The SMILES string of the molecule is CC(C)CC(C)(CO)COCC(F)(F)C(F)(F)F. The van der Waals surface area contributed by atoms with Gasteiger partial charge in [-0.3, -0.25) is 0 Å². The fraction of sp³-hybridized carbons (Fsp3) is 1.00. The first kappa shape index (κ1) is 17.6. The normalized spacial score (nSPS) is 17.0. The van der Waals surface area contributed by atoms with Gasteiger partial charge in [-0.1, -0.05) is 20.8 Å². The zero-order chi connectivity index (χ0) is 14.6. The summed E-state index contributed by atoms with van der Waals surface area (Å²) < 4.78 is 65.2. The van der Waals surface area contributed by atoms with E-state index < -0.39 is 24.1 Å². The monoisotopic (exact) mass is 278 g/mol. The average molecular weight is 278 g/mol. The van der Waals surface area contributed by atoms with Crippen LogP contribution >= 0.6 is 0 Å². The van der Waals surface area contributed by atoms with Crippen LogP contribution in [0.3, 0.4) is 0 Å². The van der Waals surface area contributed by atoms with Crippen LogP contribution in [0.4, 0.5) is 22.0 Å². The number of rotatable bonds is 7. The van der Waals surface area contributed by atoms with Crippen molar-refractivity contribution >= 4 is 0 Å². The van der Waals surface area contributed by atoms with Crippen molar-refractivity contribution in [3.63, 3.8) is 0 Å². The summed E-state index contributed by atoms with van der Waals surface area (Å²) in [4.78, 5) is 0. The Morgan fingerprint density at radius 3 is 1.89 bits per heavy atom. The Morgan fingerprint density at radius 2 is 1.56 bits per heavy atom. The lowest BCUT2D eigenvalue weighted by molar-refractivity contribution is -0.298. The number of ether oxygens (including phenoxy) is 1. The molecular formula is C11H19F5O2. The lowest BCUT2D eigenvalue weighted by Crippen LogP contribution is -2.42. The third kappa shape index (κ3) is 5.48. The molecule has 0 saturated heterocycles. The molecule has 0 spiro atoms. The summed E-state index contributed by atoms with van der Waals surface area (Å²) in [5.41, 5.74) is -0.810. The molecule has 0 bridgehead atoms. The Hall–Kier alpha value is -0.430. The fourth-order valence-electron chi connectivity index (χ4n) is 1.66. The van der Waals surface area contributed by atoms with E-state index >= 15 is 0 Å². The van der Waals surface area contributed by atoms with Crippen molar-refractivity contribution in [3.05, 3.63) is 0 Å². The fourth-order valence-corrected chi connectivity index (χ4v) is 1.66.